The molecule has 0 saturated heterocycles. The number of rotatable bonds is 6. The van der Waals surface area contributed by atoms with E-state index in [1.807, 2.05) is 20.8 Å². The topological polar surface area (TPSA) is 34.0 Å². The molecule has 0 bridgehead atoms. The van der Waals surface area contributed by atoms with Gasteiger partial charge in [0.2, 0.25) is 0 Å². The number of pyridine rings is 1. The summed E-state index contributed by atoms with van der Waals surface area (Å²) in [5.41, 5.74) is 4.49. The summed E-state index contributed by atoms with van der Waals surface area (Å²) in [6.07, 6.45) is 2.44. The van der Waals surface area contributed by atoms with Crippen LogP contribution >= 0.6 is 0 Å². The van der Waals surface area contributed by atoms with Crippen molar-refractivity contribution in [1.82, 2.24) is 9.30 Å². The normalized spacial score (nSPS) is 11.6. The minimum Gasteiger partial charge on any atom is -0.465 e. The third kappa shape index (κ3) is 4.10. The molecule has 0 aliphatic rings. The Balaban J connectivity index is 2.24. The summed E-state index contributed by atoms with van der Waals surface area (Å²) in [5.74, 6) is 0.204. The molecule has 0 radical (unpaired) electrons. The van der Waals surface area contributed by atoms with E-state index in [2.05, 4.69) is 47.8 Å². The lowest BCUT2D eigenvalue weighted by Crippen LogP contribution is -2.14. The highest BCUT2D eigenvalue weighted by Crippen LogP contribution is 2.19. The highest BCUT2D eigenvalue weighted by Gasteiger charge is 2.13. The first-order valence-electron chi connectivity index (χ1n) is 7.76. The van der Waals surface area contributed by atoms with Crippen LogP contribution in [-0.2, 0) is 22.5 Å². The standard InChI is InChI=1S/C18H26N2O2/c1-13(2)12-22-18(21)9-17-14(3)8-16-7-6-15(10-19(4)5)11-20(16)17/h6-8,11,13H,9-10,12H2,1-5H3. The van der Waals surface area contributed by atoms with Gasteiger partial charge in [-0.3, -0.25) is 4.79 Å². The number of hydrogen-bond acceptors (Lipinski definition) is 3. The van der Waals surface area contributed by atoms with Crippen molar-refractivity contribution < 1.29 is 9.53 Å². The van der Waals surface area contributed by atoms with Crippen LogP contribution in [0.5, 0.6) is 0 Å². The molecule has 2 rings (SSSR count). The second-order valence-corrected chi connectivity index (χ2v) is 6.60. The number of fused-ring (bicyclic) bond motifs is 1. The van der Waals surface area contributed by atoms with E-state index >= 15 is 0 Å². The lowest BCUT2D eigenvalue weighted by molar-refractivity contribution is -0.143. The third-order valence-electron chi connectivity index (χ3n) is 3.54. The summed E-state index contributed by atoms with van der Waals surface area (Å²) in [5, 5.41) is 0. The first-order chi connectivity index (χ1) is 10.4. The largest absolute Gasteiger partial charge is 0.465 e. The zero-order chi connectivity index (χ0) is 16.3. The van der Waals surface area contributed by atoms with E-state index in [-0.39, 0.29) is 5.97 Å². The maximum absolute atomic E-state index is 12.0. The van der Waals surface area contributed by atoms with Gasteiger partial charge in [0.1, 0.15) is 0 Å². The van der Waals surface area contributed by atoms with Gasteiger partial charge in [-0.15, -0.1) is 0 Å². The van der Waals surface area contributed by atoms with Gasteiger partial charge in [-0.05, 0) is 50.2 Å². The van der Waals surface area contributed by atoms with Gasteiger partial charge in [-0.2, -0.15) is 0 Å². The number of esters is 1. The molecular weight excluding hydrogens is 276 g/mol. The van der Waals surface area contributed by atoms with Crippen molar-refractivity contribution >= 4 is 11.5 Å². The average molecular weight is 302 g/mol. The van der Waals surface area contributed by atoms with Gasteiger partial charge in [-0.25, -0.2) is 0 Å². The van der Waals surface area contributed by atoms with E-state index in [9.17, 15) is 4.79 Å². The monoisotopic (exact) mass is 302 g/mol. The number of nitrogens with zero attached hydrogens (tertiary/aromatic N) is 2. The van der Waals surface area contributed by atoms with Gasteiger partial charge in [0.25, 0.3) is 0 Å². The molecule has 0 spiro atoms. The molecule has 0 aliphatic carbocycles. The van der Waals surface area contributed by atoms with Crippen molar-refractivity contribution in [3.8, 4) is 0 Å². The van der Waals surface area contributed by atoms with Crippen LogP contribution < -0.4 is 0 Å². The summed E-state index contributed by atoms with van der Waals surface area (Å²) in [6.45, 7) is 7.48. The van der Waals surface area contributed by atoms with Gasteiger partial charge < -0.3 is 14.0 Å². The van der Waals surface area contributed by atoms with Crippen molar-refractivity contribution in [1.29, 1.82) is 0 Å². The fraction of sp³-hybridized carbons (Fsp3) is 0.500. The Morgan fingerprint density at radius 3 is 2.68 bits per heavy atom. The number of ether oxygens (including phenoxy) is 1. The van der Waals surface area contributed by atoms with E-state index in [1.165, 1.54) is 5.56 Å². The predicted molar refractivity (Wildman–Crippen MR) is 89.0 cm³/mol. The molecule has 0 fully saturated rings. The van der Waals surface area contributed by atoms with E-state index in [4.69, 9.17) is 4.74 Å². The van der Waals surface area contributed by atoms with Gasteiger partial charge in [0.15, 0.2) is 0 Å². The molecule has 4 nitrogen and oxygen atoms in total. The molecule has 0 N–H and O–H groups in total. The molecule has 0 aliphatic heterocycles. The quantitative estimate of drug-likeness (QED) is 0.769. The molecule has 4 heteroatoms. The van der Waals surface area contributed by atoms with Crippen molar-refractivity contribution in [2.75, 3.05) is 20.7 Å². The summed E-state index contributed by atoms with van der Waals surface area (Å²) in [7, 11) is 4.10. The number of carbonyl (C=O) groups excluding carboxylic acids is 1. The minimum absolute atomic E-state index is 0.158. The predicted octanol–water partition coefficient (Wildman–Crippen LogP) is 3.05. The van der Waals surface area contributed by atoms with Crippen molar-refractivity contribution in [3.05, 3.63) is 41.2 Å². The van der Waals surface area contributed by atoms with Crippen LogP contribution in [0, 0.1) is 12.8 Å². The molecule has 2 aromatic rings. The molecule has 0 atom stereocenters. The summed E-state index contributed by atoms with van der Waals surface area (Å²) < 4.78 is 7.43. The van der Waals surface area contributed by atoms with Crippen LogP contribution in [0.15, 0.2) is 24.4 Å². The fourth-order valence-corrected chi connectivity index (χ4v) is 2.53. The van der Waals surface area contributed by atoms with Crippen molar-refractivity contribution in [3.63, 3.8) is 0 Å². The Labute approximate surface area is 132 Å². The highest BCUT2D eigenvalue weighted by atomic mass is 16.5. The second kappa shape index (κ2) is 6.97. The number of carbonyl (C=O) groups is 1. The Morgan fingerprint density at radius 1 is 1.32 bits per heavy atom. The molecule has 0 aromatic carbocycles. The van der Waals surface area contributed by atoms with Crippen LogP contribution in [0.25, 0.3) is 5.52 Å². The van der Waals surface area contributed by atoms with Gasteiger partial charge in [0, 0.05) is 24.0 Å². The molecule has 2 heterocycles. The molecule has 0 unspecified atom stereocenters. The lowest BCUT2D eigenvalue weighted by atomic mass is 10.2. The van der Waals surface area contributed by atoms with Crippen LogP contribution in [0.2, 0.25) is 0 Å². The Kier molecular flexibility index (Phi) is 5.24. The molecule has 2 aromatic heterocycles. The smallest absolute Gasteiger partial charge is 0.311 e. The Bertz CT molecular complexity index is 656. The van der Waals surface area contributed by atoms with E-state index in [1.54, 1.807) is 0 Å². The summed E-state index contributed by atoms with van der Waals surface area (Å²) in [4.78, 5) is 14.2. The van der Waals surface area contributed by atoms with Gasteiger partial charge in [-0.1, -0.05) is 19.9 Å². The zero-order valence-electron chi connectivity index (χ0n) is 14.2. The number of hydrogen-bond donors (Lipinski definition) is 0. The molecule has 22 heavy (non-hydrogen) atoms. The minimum atomic E-state index is -0.158. The lowest BCUT2D eigenvalue weighted by Gasteiger charge is -2.12. The average Bonchev–Trinajstić information content (AvgIpc) is 2.72. The van der Waals surface area contributed by atoms with Gasteiger partial charge >= 0.3 is 5.97 Å². The van der Waals surface area contributed by atoms with Crippen molar-refractivity contribution in [2.45, 2.75) is 33.7 Å². The molecular formula is C18H26N2O2. The van der Waals surface area contributed by atoms with E-state index < -0.39 is 0 Å². The zero-order valence-corrected chi connectivity index (χ0v) is 14.2. The number of aromatic nitrogens is 1. The van der Waals surface area contributed by atoms with Crippen LogP contribution in [0.1, 0.15) is 30.7 Å². The van der Waals surface area contributed by atoms with Crippen molar-refractivity contribution in [2.24, 2.45) is 5.92 Å². The maximum atomic E-state index is 12.0. The molecule has 0 amide bonds. The Hall–Kier alpha value is -1.81. The molecule has 0 saturated carbocycles. The molecule has 120 valence electrons. The number of aryl methyl sites for hydroxylation is 1. The highest BCUT2D eigenvalue weighted by molar-refractivity contribution is 5.73. The van der Waals surface area contributed by atoms with E-state index in [0.29, 0.717) is 18.9 Å². The maximum Gasteiger partial charge on any atom is 0.311 e. The van der Waals surface area contributed by atoms with E-state index in [0.717, 1.165) is 23.3 Å². The van der Waals surface area contributed by atoms with Crippen LogP contribution in [0.3, 0.4) is 0 Å². The van der Waals surface area contributed by atoms with Gasteiger partial charge in [0.05, 0.1) is 13.0 Å². The van der Waals surface area contributed by atoms with Crippen LogP contribution in [-0.4, -0.2) is 36.0 Å². The van der Waals surface area contributed by atoms with Crippen LogP contribution in [0.4, 0.5) is 0 Å². The first kappa shape index (κ1) is 16.6. The summed E-state index contributed by atoms with van der Waals surface area (Å²) in [6, 6.07) is 6.36. The fourth-order valence-electron chi connectivity index (χ4n) is 2.53. The summed E-state index contributed by atoms with van der Waals surface area (Å²) >= 11 is 0. The first-order valence-corrected chi connectivity index (χ1v) is 7.76. The Morgan fingerprint density at radius 2 is 2.05 bits per heavy atom. The third-order valence-corrected chi connectivity index (χ3v) is 3.54. The SMILES string of the molecule is Cc1cc2ccc(CN(C)C)cn2c1CC(=O)OCC(C)C. The second-order valence-electron chi connectivity index (χ2n) is 6.60.